The molecule has 3 aromatic rings. The molecule has 29 heavy (non-hydrogen) atoms. The quantitative estimate of drug-likeness (QED) is 0.570. The maximum Gasteiger partial charge on any atom is 0.226 e. The van der Waals surface area contributed by atoms with Gasteiger partial charge in [-0.1, -0.05) is 36.5 Å². The second-order valence-corrected chi connectivity index (χ2v) is 8.73. The Morgan fingerprint density at radius 3 is 2.59 bits per heavy atom. The Hall–Kier alpha value is -2.45. The van der Waals surface area contributed by atoms with E-state index in [2.05, 4.69) is 40.2 Å². The van der Waals surface area contributed by atoms with Gasteiger partial charge in [-0.2, -0.15) is 0 Å². The maximum absolute atomic E-state index is 12.5. The van der Waals surface area contributed by atoms with Crippen LogP contribution in [0.25, 0.3) is 9.88 Å². The van der Waals surface area contributed by atoms with E-state index < -0.39 is 0 Å². The van der Waals surface area contributed by atoms with Crippen LogP contribution in [0.4, 0.5) is 5.13 Å². The highest BCUT2D eigenvalue weighted by Crippen LogP contribution is 2.31. The number of amides is 1. The zero-order chi connectivity index (χ0) is 20.1. The highest BCUT2D eigenvalue weighted by atomic mass is 32.1. The highest BCUT2D eigenvalue weighted by Gasteiger charge is 2.23. The minimum atomic E-state index is 0.145. The van der Waals surface area contributed by atoms with Crippen molar-refractivity contribution in [2.24, 2.45) is 0 Å². The average Bonchev–Trinajstić information content (AvgIpc) is 3.46. The predicted octanol–water partition coefficient (Wildman–Crippen LogP) is 3.95. The topological polar surface area (TPSA) is 58.6 Å². The third-order valence-electron chi connectivity index (χ3n) is 4.97. The molecule has 0 spiro atoms. The molecular weight excluding hydrogens is 404 g/mol. The van der Waals surface area contributed by atoms with Gasteiger partial charge in [0.05, 0.1) is 17.9 Å². The van der Waals surface area contributed by atoms with Crippen LogP contribution in [-0.4, -0.2) is 53.8 Å². The zero-order valence-corrected chi connectivity index (χ0v) is 18.0. The minimum absolute atomic E-state index is 0.145. The molecule has 3 heterocycles. The first kappa shape index (κ1) is 19.8. The normalized spacial score (nSPS) is 14.2. The molecule has 0 saturated carbocycles. The summed E-state index contributed by atoms with van der Waals surface area (Å²) in [6, 6.07) is 12.1. The molecule has 4 rings (SSSR count). The van der Waals surface area contributed by atoms with Gasteiger partial charge in [-0.15, -0.1) is 21.5 Å². The standard InChI is InChI=1S/C21H24N4O2S2/c1-2-16-5-7-17(8-6-16)27-14-9-19(26)24-10-12-25(13-11-24)21-23-22-20(29-21)18-4-3-15-28-18/h3-8,15H,2,9-14H2,1H3. The fraction of sp³-hybridized carbons (Fsp3) is 0.381. The van der Waals surface area contributed by atoms with Gasteiger partial charge in [-0.3, -0.25) is 4.79 Å². The smallest absolute Gasteiger partial charge is 0.226 e. The fourth-order valence-corrected chi connectivity index (χ4v) is 4.91. The molecule has 6 nitrogen and oxygen atoms in total. The predicted molar refractivity (Wildman–Crippen MR) is 118 cm³/mol. The number of aromatic nitrogens is 2. The molecule has 152 valence electrons. The molecule has 8 heteroatoms. The van der Waals surface area contributed by atoms with Crippen LogP contribution in [-0.2, 0) is 11.2 Å². The van der Waals surface area contributed by atoms with Crippen molar-refractivity contribution in [1.82, 2.24) is 15.1 Å². The fourth-order valence-electron chi connectivity index (χ4n) is 3.23. The number of aryl methyl sites for hydroxylation is 1. The lowest BCUT2D eigenvalue weighted by molar-refractivity contribution is -0.132. The van der Waals surface area contributed by atoms with Crippen LogP contribution < -0.4 is 9.64 Å². The van der Waals surface area contributed by atoms with Crippen molar-refractivity contribution in [1.29, 1.82) is 0 Å². The van der Waals surface area contributed by atoms with Crippen LogP contribution in [0, 0.1) is 0 Å². The van der Waals surface area contributed by atoms with Crippen LogP contribution >= 0.6 is 22.7 Å². The Labute approximate surface area is 178 Å². The molecule has 1 aliphatic heterocycles. The second-order valence-electron chi connectivity index (χ2n) is 6.83. The van der Waals surface area contributed by atoms with Gasteiger partial charge in [0.15, 0.2) is 5.01 Å². The number of rotatable bonds is 7. The summed E-state index contributed by atoms with van der Waals surface area (Å²) in [5.74, 6) is 0.962. The molecule has 0 bridgehead atoms. The van der Waals surface area contributed by atoms with Gasteiger partial charge < -0.3 is 14.5 Å². The van der Waals surface area contributed by atoms with Gasteiger partial charge in [-0.25, -0.2) is 0 Å². The lowest BCUT2D eigenvalue weighted by Gasteiger charge is -2.34. The van der Waals surface area contributed by atoms with Gasteiger partial charge in [0.25, 0.3) is 0 Å². The monoisotopic (exact) mass is 428 g/mol. The van der Waals surface area contributed by atoms with E-state index in [9.17, 15) is 4.79 Å². The van der Waals surface area contributed by atoms with Crippen molar-refractivity contribution in [2.45, 2.75) is 19.8 Å². The number of hydrogen-bond acceptors (Lipinski definition) is 7. The van der Waals surface area contributed by atoms with E-state index >= 15 is 0 Å². The Bertz CT molecular complexity index is 917. The van der Waals surface area contributed by atoms with E-state index in [1.165, 1.54) is 5.56 Å². The summed E-state index contributed by atoms with van der Waals surface area (Å²) in [4.78, 5) is 17.8. The maximum atomic E-state index is 12.5. The van der Waals surface area contributed by atoms with E-state index in [1.54, 1.807) is 22.7 Å². The molecule has 1 saturated heterocycles. The van der Waals surface area contributed by atoms with Gasteiger partial charge in [0, 0.05) is 26.2 Å². The van der Waals surface area contributed by atoms with Crippen molar-refractivity contribution in [2.75, 3.05) is 37.7 Å². The molecule has 1 amide bonds. The van der Waals surface area contributed by atoms with Crippen LogP contribution in [0.15, 0.2) is 41.8 Å². The molecule has 0 unspecified atom stereocenters. The van der Waals surface area contributed by atoms with Crippen molar-refractivity contribution in [3.05, 3.63) is 47.3 Å². The van der Waals surface area contributed by atoms with E-state index in [0.717, 1.165) is 40.3 Å². The second kappa shape index (κ2) is 9.37. The summed E-state index contributed by atoms with van der Waals surface area (Å²) in [7, 11) is 0. The van der Waals surface area contributed by atoms with Crippen molar-refractivity contribution < 1.29 is 9.53 Å². The van der Waals surface area contributed by atoms with Crippen LogP contribution in [0.2, 0.25) is 0 Å². The number of ether oxygens (including phenoxy) is 1. The van der Waals surface area contributed by atoms with E-state index in [0.29, 0.717) is 26.1 Å². The summed E-state index contributed by atoms with van der Waals surface area (Å²) < 4.78 is 5.72. The molecule has 2 aromatic heterocycles. The van der Waals surface area contributed by atoms with E-state index in [4.69, 9.17) is 4.74 Å². The summed E-state index contributed by atoms with van der Waals surface area (Å²) in [6.45, 7) is 5.51. The van der Waals surface area contributed by atoms with Crippen LogP contribution in [0.3, 0.4) is 0 Å². The Kier molecular flexibility index (Phi) is 6.41. The van der Waals surface area contributed by atoms with E-state index in [-0.39, 0.29) is 5.91 Å². The van der Waals surface area contributed by atoms with Gasteiger partial charge in [0.2, 0.25) is 11.0 Å². The van der Waals surface area contributed by atoms with Gasteiger partial charge >= 0.3 is 0 Å². The summed E-state index contributed by atoms with van der Waals surface area (Å²) in [5, 5.41) is 12.6. The molecule has 1 aliphatic rings. The Balaban J connectivity index is 1.22. The van der Waals surface area contributed by atoms with Crippen LogP contribution in [0.5, 0.6) is 5.75 Å². The molecule has 1 aromatic carbocycles. The van der Waals surface area contributed by atoms with Crippen LogP contribution in [0.1, 0.15) is 18.9 Å². The SMILES string of the molecule is CCc1ccc(OCCC(=O)N2CCN(c3nnc(-c4cccs4)s3)CC2)cc1. The first-order valence-corrected chi connectivity index (χ1v) is 11.5. The first-order chi connectivity index (χ1) is 14.2. The summed E-state index contributed by atoms with van der Waals surface area (Å²) in [6.07, 6.45) is 1.41. The number of carbonyl (C=O) groups is 1. The number of carbonyl (C=O) groups excluding carboxylic acids is 1. The Morgan fingerprint density at radius 2 is 1.90 bits per heavy atom. The third kappa shape index (κ3) is 4.94. The lowest BCUT2D eigenvalue weighted by Crippen LogP contribution is -2.49. The number of thiophene rings is 1. The number of nitrogens with zero attached hydrogens (tertiary/aromatic N) is 4. The highest BCUT2D eigenvalue weighted by molar-refractivity contribution is 7.22. The average molecular weight is 429 g/mol. The summed E-state index contributed by atoms with van der Waals surface area (Å²) >= 11 is 3.28. The molecular formula is C21H24N4O2S2. The van der Waals surface area contributed by atoms with Crippen molar-refractivity contribution in [3.63, 3.8) is 0 Å². The number of piperazine rings is 1. The van der Waals surface area contributed by atoms with Crippen molar-refractivity contribution >= 4 is 33.7 Å². The molecule has 0 aliphatic carbocycles. The lowest BCUT2D eigenvalue weighted by atomic mass is 10.2. The number of anilines is 1. The Morgan fingerprint density at radius 1 is 1.10 bits per heavy atom. The number of benzene rings is 1. The third-order valence-corrected chi connectivity index (χ3v) is 6.99. The minimum Gasteiger partial charge on any atom is -0.493 e. The van der Waals surface area contributed by atoms with Gasteiger partial charge in [-0.05, 0) is 35.6 Å². The molecule has 0 N–H and O–H groups in total. The zero-order valence-electron chi connectivity index (χ0n) is 16.4. The summed E-state index contributed by atoms with van der Waals surface area (Å²) in [5.41, 5.74) is 1.28. The molecule has 1 fully saturated rings. The largest absolute Gasteiger partial charge is 0.493 e. The van der Waals surface area contributed by atoms with E-state index in [1.807, 2.05) is 28.5 Å². The first-order valence-electron chi connectivity index (χ1n) is 9.85. The van der Waals surface area contributed by atoms with Gasteiger partial charge in [0.1, 0.15) is 5.75 Å². The molecule has 0 radical (unpaired) electrons. The number of hydrogen-bond donors (Lipinski definition) is 0. The van der Waals surface area contributed by atoms with Crippen molar-refractivity contribution in [3.8, 4) is 15.6 Å². The molecule has 0 atom stereocenters.